The summed E-state index contributed by atoms with van der Waals surface area (Å²) in [5, 5.41) is 11.8. The Morgan fingerprint density at radius 3 is 2.86 bits per heavy atom. The fraction of sp³-hybridized carbons (Fsp3) is 0.188. The van der Waals surface area contributed by atoms with Gasteiger partial charge < -0.3 is 4.57 Å². The van der Waals surface area contributed by atoms with Gasteiger partial charge in [-0.05, 0) is 26.0 Å². The van der Waals surface area contributed by atoms with Gasteiger partial charge in [-0.2, -0.15) is 10.2 Å². The van der Waals surface area contributed by atoms with Crippen LogP contribution in [0.3, 0.4) is 0 Å². The lowest BCUT2D eigenvalue weighted by molar-refractivity contribution is 0.0950. The molecule has 3 aromatic rings. The van der Waals surface area contributed by atoms with Crippen molar-refractivity contribution in [2.24, 2.45) is 12.1 Å². The number of rotatable bonds is 3. The number of nitrogens with zero attached hydrogens (tertiary/aromatic N) is 3. The fourth-order valence-corrected chi connectivity index (χ4v) is 2.46. The number of nitrogens with one attached hydrogen (secondary N) is 2. The van der Waals surface area contributed by atoms with E-state index in [2.05, 4.69) is 31.4 Å². The van der Waals surface area contributed by atoms with Crippen molar-refractivity contribution in [1.82, 2.24) is 20.2 Å². The van der Waals surface area contributed by atoms with Gasteiger partial charge in [-0.3, -0.25) is 9.89 Å². The lowest BCUT2D eigenvalue weighted by Gasteiger charge is -1.98. The van der Waals surface area contributed by atoms with E-state index in [1.54, 1.807) is 12.3 Å². The van der Waals surface area contributed by atoms with Crippen LogP contribution in [-0.2, 0) is 7.05 Å². The molecule has 0 atom stereocenters. The maximum Gasteiger partial charge on any atom is 0.291 e. The number of amides is 1. The van der Waals surface area contributed by atoms with Gasteiger partial charge in [0.2, 0.25) is 0 Å². The number of para-hydroxylation sites is 1. The first-order valence-electron chi connectivity index (χ1n) is 6.97. The number of carbonyl (C=O) groups is 1. The Labute approximate surface area is 127 Å². The Morgan fingerprint density at radius 2 is 2.14 bits per heavy atom. The number of fused-ring (bicyclic) bond motifs is 1. The first kappa shape index (κ1) is 14.1. The summed E-state index contributed by atoms with van der Waals surface area (Å²) >= 11 is 0. The second-order valence-electron chi connectivity index (χ2n) is 5.21. The summed E-state index contributed by atoms with van der Waals surface area (Å²) in [5.41, 5.74) is 6.88. The molecule has 0 fully saturated rings. The number of aromatic amines is 1. The average molecular weight is 295 g/mol. The van der Waals surface area contributed by atoms with Crippen LogP contribution in [0, 0.1) is 13.8 Å². The third-order valence-electron chi connectivity index (χ3n) is 3.75. The molecular formula is C16H17N5O. The molecule has 0 aliphatic heterocycles. The minimum absolute atomic E-state index is 0.323. The fourth-order valence-electron chi connectivity index (χ4n) is 2.46. The van der Waals surface area contributed by atoms with Crippen LogP contribution in [-0.4, -0.2) is 26.9 Å². The summed E-state index contributed by atoms with van der Waals surface area (Å²) < 4.78 is 2.11. The molecule has 3 rings (SSSR count). The van der Waals surface area contributed by atoms with Gasteiger partial charge in [0.05, 0.1) is 6.21 Å². The van der Waals surface area contributed by atoms with Crippen molar-refractivity contribution >= 4 is 23.0 Å². The van der Waals surface area contributed by atoms with Crippen molar-refractivity contribution in [3.63, 3.8) is 0 Å². The van der Waals surface area contributed by atoms with Crippen LogP contribution >= 0.6 is 0 Å². The molecular weight excluding hydrogens is 278 g/mol. The lowest BCUT2D eigenvalue weighted by atomic mass is 10.1. The first-order valence-corrected chi connectivity index (χ1v) is 6.97. The normalized spacial score (nSPS) is 11.4. The van der Waals surface area contributed by atoms with Gasteiger partial charge in [0.15, 0.2) is 5.69 Å². The Bertz CT molecular complexity index is 872. The van der Waals surface area contributed by atoms with Crippen LogP contribution in [0.5, 0.6) is 0 Å². The first-order chi connectivity index (χ1) is 10.6. The molecule has 0 aliphatic rings. The molecule has 2 heterocycles. The Hall–Kier alpha value is -2.89. The molecule has 22 heavy (non-hydrogen) atoms. The Morgan fingerprint density at radius 1 is 1.36 bits per heavy atom. The van der Waals surface area contributed by atoms with Crippen LogP contribution < -0.4 is 5.43 Å². The van der Waals surface area contributed by atoms with Crippen molar-refractivity contribution in [3.05, 3.63) is 53.0 Å². The smallest absolute Gasteiger partial charge is 0.291 e. The summed E-state index contributed by atoms with van der Waals surface area (Å²) in [6, 6.07) is 9.77. The third kappa shape index (κ3) is 2.39. The summed E-state index contributed by atoms with van der Waals surface area (Å²) in [6.45, 7) is 3.87. The zero-order chi connectivity index (χ0) is 15.7. The summed E-state index contributed by atoms with van der Waals surface area (Å²) in [4.78, 5) is 11.9. The van der Waals surface area contributed by atoms with Gasteiger partial charge in [0.1, 0.15) is 0 Å². The molecule has 6 nitrogen and oxygen atoms in total. The second-order valence-corrected chi connectivity index (χ2v) is 5.21. The van der Waals surface area contributed by atoms with Crippen molar-refractivity contribution in [2.45, 2.75) is 13.8 Å². The SMILES string of the molecule is Cc1cc(C(=O)N/N=C\c2c(C)n(C)c3ccccc23)n[nH]1. The van der Waals surface area contributed by atoms with E-state index in [4.69, 9.17) is 0 Å². The maximum absolute atomic E-state index is 11.9. The highest BCUT2D eigenvalue weighted by molar-refractivity contribution is 6.01. The minimum Gasteiger partial charge on any atom is -0.347 e. The van der Waals surface area contributed by atoms with Gasteiger partial charge >= 0.3 is 0 Å². The Kier molecular flexibility index (Phi) is 3.50. The average Bonchev–Trinajstić information content (AvgIpc) is 3.05. The highest BCUT2D eigenvalue weighted by atomic mass is 16.2. The van der Waals surface area contributed by atoms with Gasteiger partial charge in [-0.1, -0.05) is 18.2 Å². The summed E-state index contributed by atoms with van der Waals surface area (Å²) in [7, 11) is 2.01. The van der Waals surface area contributed by atoms with Gasteiger partial charge in [-0.15, -0.1) is 0 Å². The molecule has 2 N–H and O–H groups in total. The second kappa shape index (κ2) is 5.48. The van der Waals surface area contributed by atoms with E-state index < -0.39 is 0 Å². The van der Waals surface area contributed by atoms with Crippen LogP contribution in [0.1, 0.15) is 27.4 Å². The van der Waals surface area contributed by atoms with E-state index in [1.165, 1.54) is 0 Å². The minimum atomic E-state index is -0.335. The maximum atomic E-state index is 11.9. The largest absolute Gasteiger partial charge is 0.347 e. The quantitative estimate of drug-likeness (QED) is 0.574. The molecule has 0 aliphatic carbocycles. The molecule has 0 unspecified atom stereocenters. The van der Waals surface area contributed by atoms with E-state index in [9.17, 15) is 4.79 Å². The van der Waals surface area contributed by atoms with E-state index in [0.717, 1.165) is 27.9 Å². The number of benzene rings is 1. The van der Waals surface area contributed by atoms with E-state index in [0.29, 0.717) is 5.69 Å². The number of carbonyl (C=O) groups excluding carboxylic acids is 1. The van der Waals surface area contributed by atoms with Crippen LogP contribution in [0.15, 0.2) is 35.4 Å². The van der Waals surface area contributed by atoms with E-state index in [1.807, 2.05) is 39.1 Å². The van der Waals surface area contributed by atoms with Crippen molar-refractivity contribution < 1.29 is 4.79 Å². The lowest BCUT2D eigenvalue weighted by Crippen LogP contribution is -2.18. The van der Waals surface area contributed by atoms with Crippen LogP contribution in [0.2, 0.25) is 0 Å². The molecule has 0 bridgehead atoms. The number of hydrogen-bond donors (Lipinski definition) is 2. The predicted octanol–water partition coefficient (Wildman–Crippen LogP) is 2.28. The van der Waals surface area contributed by atoms with Gasteiger partial charge in [0.25, 0.3) is 5.91 Å². The number of aromatic nitrogens is 3. The number of H-pyrrole nitrogens is 1. The molecule has 6 heteroatoms. The van der Waals surface area contributed by atoms with Crippen molar-refractivity contribution in [3.8, 4) is 0 Å². The number of aryl methyl sites for hydroxylation is 2. The van der Waals surface area contributed by atoms with Crippen LogP contribution in [0.25, 0.3) is 10.9 Å². The molecule has 0 radical (unpaired) electrons. The third-order valence-corrected chi connectivity index (χ3v) is 3.75. The van der Waals surface area contributed by atoms with E-state index in [-0.39, 0.29) is 5.91 Å². The number of hydrogen-bond acceptors (Lipinski definition) is 3. The summed E-state index contributed by atoms with van der Waals surface area (Å²) in [5.74, 6) is -0.335. The number of hydrazone groups is 1. The zero-order valence-corrected chi connectivity index (χ0v) is 12.7. The molecule has 1 aromatic carbocycles. The van der Waals surface area contributed by atoms with Gasteiger partial charge in [0, 0.05) is 34.9 Å². The monoisotopic (exact) mass is 295 g/mol. The van der Waals surface area contributed by atoms with Crippen LogP contribution in [0.4, 0.5) is 0 Å². The molecule has 112 valence electrons. The molecule has 0 saturated heterocycles. The Balaban J connectivity index is 1.84. The predicted molar refractivity (Wildman–Crippen MR) is 86.0 cm³/mol. The van der Waals surface area contributed by atoms with E-state index >= 15 is 0 Å². The van der Waals surface area contributed by atoms with Gasteiger partial charge in [-0.25, -0.2) is 5.43 Å². The van der Waals surface area contributed by atoms with Crippen molar-refractivity contribution in [2.75, 3.05) is 0 Å². The topological polar surface area (TPSA) is 75.1 Å². The molecule has 1 amide bonds. The molecule has 0 spiro atoms. The standard InChI is InChI=1S/C16H17N5O/c1-10-8-14(19-18-10)16(22)20-17-9-13-11(2)21(3)15-7-5-4-6-12(13)15/h4-9H,1-3H3,(H,18,19)(H,20,22)/b17-9-. The highest BCUT2D eigenvalue weighted by Crippen LogP contribution is 2.22. The zero-order valence-electron chi connectivity index (χ0n) is 12.7. The van der Waals surface area contributed by atoms with Crippen molar-refractivity contribution in [1.29, 1.82) is 0 Å². The molecule has 2 aromatic heterocycles. The summed E-state index contributed by atoms with van der Waals surface area (Å²) in [6.07, 6.45) is 1.68. The highest BCUT2D eigenvalue weighted by Gasteiger charge is 2.10. The molecule has 0 saturated carbocycles.